The van der Waals surface area contributed by atoms with E-state index in [0.29, 0.717) is 12.1 Å². The molecule has 0 spiro atoms. The minimum atomic E-state index is -0.0577. The third-order valence-corrected chi connectivity index (χ3v) is 3.65. The largest absolute Gasteiger partial charge is 0.351 e. The first-order valence-electron chi connectivity index (χ1n) is 7.25. The van der Waals surface area contributed by atoms with Gasteiger partial charge in [-0.25, -0.2) is 0 Å². The molecule has 22 heavy (non-hydrogen) atoms. The van der Waals surface area contributed by atoms with Crippen LogP contribution in [0.3, 0.4) is 0 Å². The summed E-state index contributed by atoms with van der Waals surface area (Å²) in [6, 6.07) is 5.40. The summed E-state index contributed by atoms with van der Waals surface area (Å²) in [5.74, 6) is -0.0577. The van der Waals surface area contributed by atoms with E-state index in [-0.39, 0.29) is 18.3 Å². The molecule has 6 nitrogen and oxygen atoms in total. The van der Waals surface area contributed by atoms with Gasteiger partial charge in [-0.3, -0.25) is 19.7 Å². The van der Waals surface area contributed by atoms with Crippen molar-refractivity contribution in [2.45, 2.75) is 0 Å². The predicted molar refractivity (Wildman–Crippen MR) is 88.4 cm³/mol. The molecule has 0 atom stereocenters. The second-order valence-electron chi connectivity index (χ2n) is 5.11. The average Bonchev–Trinajstić information content (AvgIpc) is 2.55. The molecule has 0 radical (unpaired) electrons. The summed E-state index contributed by atoms with van der Waals surface area (Å²) < 4.78 is 0. The number of fused-ring (bicyclic) bond motifs is 1. The summed E-state index contributed by atoms with van der Waals surface area (Å²) in [5.41, 5.74) is 2.17. The van der Waals surface area contributed by atoms with Crippen molar-refractivity contribution in [3.8, 4) is 0 Å². The molecule has 0 bridgehead atoms. The number of hydrogen-bond acceptors (Lipinski definition) is 5. The van der Waals surface area contributed by atoms with Crippen molar-refractivity contribution < 1.29 is 4.79 Å². The number of hydrogen-bond donors (Lipinski definition) is 2. The predicted octanol–water partition coefficient (Wildman–Crippen LogP) is 0.687. The molecule has 1 saturated heterocycles. The maximum atomic E-state index is 12.1. The summed E-state index contributed by atoms with van der Waals surface area (Å²) in [7, 11) is 0. The molecular formula is C15H20ClN5O. The fourth-order valence-electron chi connectivity index (χ4n) is 2.47. The number of nitrogens with zero attached hydrogens (tertiary/aromatic N) is 3. The number of aromatic nitrogens is 2. The van der Waals surface area contributed by atoms with E-state index < -0.39 is 0 Å². The Bertz CT molecular complexity index is 630. The van der Waals surface area contributed by atoms with Crippen molar-refractivity contribution in [3.05, 3.63) is 36.2 Å². The van der Waals surface area contributed by atoms with Crippen LogP contribution in [0.4, 0.5) is 0 Å². The molecule has 1 fully saturated rings. The Balaban J connectivity index is 0.00000176. The number of benzene rings is 1. The van der Waals surface area contributed by atoms with Crippen LogP contribution in [-0.2, 0) is 0 Å². The highest BCUT2D eigenvalue weighted by Gasteiger charge is 2.10. The van der Waals surface area contributed by atoms with Gasteiger partial charge in [-0.05, 0) is 18.2 Å². The second-order valence-corrected chi connectivity index (χ2v) is 5.11. The van der Waals surface area contributed by atoms with Crippen molar-refractivity contribution in [3.63, 3.8) is 0 Å². The Hall–Kier alpha value is -1.76. The Morgan fingerprint density at radius 3 is 2.68 bits per heavy atom. The molecule has 3 rings (SSSR count). The van der Waals surface area contributed by atoms with Gasteiger partial charge in [0, 0.05) is 57.2 Å². The molecular weight excluding hydrogens is 302 g/mol. The van der Waals surface area contributed by atoms with Crippen LogP contribution in [0.25, 0.3) is 11.0 Å². The third kappa shape index (κ3) is 4.13. The van der Waals surface area contributed by atoms with Crippen LogP contribution >= 0.6 is 12.4 Å². The number of nitrogens with one attached hydrogen (secondary N) is 2. The zero-order valence-electron chi connectivity index (χ0n) is 12.3. The Morgan fingerprint density at radius 1 is 1.18 bits per heavy atom. The quantitative estimate of drug-likeness (QED) is 0.867. The molecule has 1 aliphatic rings. The fraction of sp³-hybridized carbons (Fsp3) is 0.400. The first-order valence-corrected chi connectivity index (χ1v) is 7.25. The summed E-state index contributed by atoms with van der Waals surface area (Å²) in [6.45, 7) is 5.69. The Morgan fingerprint density at radius 2 is 1.91 bits per heavy atom. The van der Waals surface area contributed by atoms with E-state index in [1.54, 1.807) is 24.5 Å². The Labute approximate surface area is 135 Å². The molecule has 1 aromatic heterocycles. The van der Waals surface area contributed by atoms with Crippen molar-refractivity contribution >= 4 is 29.3 Å². The highest BCUT2D eigenvalue weighted by molar-refractivity contribution is 5.97. The highest BCUT2D eigenvalue weighted by Crippen LogP contribution is 2.10. The lowest BCUT2D eigenvalue weighted by molar-refractivity contribution is 0.0947. The maximum Gasteiger partial charge on any atom is 0.251 e. The summed E-state index contributed by atoms with van der Waals surface area (Å²) in [5, 5.41) is 6.28. The fourth-order valence-corrected chi connectivity index (χ4v) is 2.47. The average molecular weight is 322 g/mol. The number of carbonyl (C=O) groups excluding carboxylic acids is 1. The minimum Gasteiger partial charge on any atom is -0.351 e. The standard InChI is InChI=1S/C15H19N5O.ClH/c21-15(19-7-10-20-8-5-16-6-9-20)12-1-2-13-14(11-12)18-4-3-17-13;/h1-4,11,16H,5-10H2,(H,19,21);1H. The van der Waals surface area contributed by atoms with Gasteiger partial charge in [0.1, 0.15) is 0 Å². The molecule has 2 heterocycles. The second kappa shape index (κ2) is 8.03. The number of piperazine rings is 1. The smallest absolute Gasteiger partial charge is 0.251 e. The number of amides is 1. The molecule has 7 heteroatoms. The van der Waals surface area contributed by atoms with Gasteiger partial charge in [-0.2, -0.15) is 0 Å². The zero-order chi connectivity index (χ0) is 14.5. The van der Waals surface area contributed by atoms with Crippen LogP contribution in [0, 0.1) is 0 Å². The van der Waals surface area contributed by atoms with Crippen molar-refractivity contribution in [1.29, 1.82) is 0 Å². The number of halogens is 1. The Kier molecular flexibility index (Phi) is 6.06. The van der Waals surface area contributed by atoms with Crippen LogP contribution in [0.5, 0.6) is 0 Å². The maximum absolute atomic E-state index is 12.1. The van der Waals surface area contributed by atoms with Gasteiger partial charge in [0.25, 0.3) is 5.91 Å². The van der Waals surface area contributed by atoms with Crippen LogP contribution < -0.4 is 10.6 Å². The lowest BCUT2D eigenvalue weighted by Gasteiger charge is -2.27. The topological polar surface area (TPSA) is 70.2 Å². The van der Waals surface area contributed by atoms with E-state index in [4.69, 9.17) is 0 Å². The zero-order valence-corrected chi connectivity index (χ0v) is 13.1. The molecule has 2 aromatic rings. The van der Waals surface area contributed by atoms with Crippen molar-refractivity contribution in [1.82, 2.24) is 25.5 Å². The first kappa shape index (κ1) is 16.6. The minimum absolute atomic E-state index is 0. The van der Waals surface area contributed by atoms with Crippen LogP contribution in [0.1, 0.15) is 10.4 Å². The lowest BCUT2D eigenvalue weighted by Crippen LogP contribution is -2.46. The van der Waals surface area contributed by atoms with E-state index in [2.05, 4.69) is 25.5 Å². The van der Waals surface area contributed by atoms with E-state index in [1.165, 1.54) is 0 Å². The third-order valence-electron chi connectivity index (χ3n) is 3.65. The monoisotopic (exact) mass is 321 g/mol. The normalized spacial score (nSPS) is 15.3. The van der Waals surface area contributed by atoms with Crippen LogP contribution in [-0.4, -0.2) is 60.0 Å². The SMILES string of the molecule is Cl.O=C(NCCN1CCNCC1)c1ccc2nccnc2c1. The molecule has 1 aromatic carbocycles. The van der Waals surface area contributed by atoms with Crippen molar-refractivity contribution in [2.24, 2.45) is 0 Å². The summed E-state index contributed by atoms with van der Waals surface area (Å²) in [6.07, 6.45) is 3.28. The van der Waals surface area contributed by atoms with Gasteiger partial charge in [0.05, 0.1) is 11.0 Å². The van der Waals surface area contributed by atoms with Gasteiger partial charge in [-0.1, -0.05) is 0 Å². The summed E-state index contributed by atoms with van der Waals surface area (Å²) in [4.78, 5) is 22.9. The van der Waals surface area contributed by atoms with E-state index in [1.807, 2.05) is 6.07 Å². The molecule has 0 unspecified atom stereocenters. The van der Waals surface area contributed by atoms with E-state index in [0.717, 1.165) is 43.8 Å². The lowest BCUT2D eigenvalue weighted by atomic mass is 10.2. The van der Waals surface area contributed by atoms with Gasteiger partial charge in [0.15, 0.2) is 0 Å². The molecule has 118 valence electrons. The number of rotatable bonds is 4. The molecule has 0 aliphatic carbocycles. The van der Waals surface area contributed by atoms with Gasteiger partial charge in [-0.15, -0.1) is 12.4 Å². The van der Waals surface area contributed by atoms with E-state index in [9.17, 15) is 4.79 Å². The van der Waals surface area contributed by atoms with Gasteiger partial charge in [0.2, 0.25) is 0 Å². The van der Waals surface area contributed by atoms with Gasteiger partial charge >= 0.3 is 0 Å². The highest BCUT2D eigenvalue weighted by atomic mass is 35.5. The first-order chi connectivity index (χ1) is 10.3. The summed E-state index contributed by atoms with van der Waals surface area (Å²) >= 11 is 0. The molecule has 1 amide bonds. The number of carbonyl (C=O) groups is 1. The molecule has 1 aliphatic heterocycles. The molecule has 2 N–H and O–H groups in total. The van der Waals surface area contributed by atoms with E-state index >= 15 is 0 Å². The van der Waals surface area contributed by atoms with Crippen molar-refractivity contribution in [2.75, 3.05) is 39.3 Å². The van der Waals surface area contributed by atoms with Crippen LogP contribution in [0.2, 0.25) is 0 Å². The van der Waals surface area contributed by atoms with Crippen LogP contribution in [0.15, 0.2) is 30.6 Å². The van der Waals surface area contributed by atoms with Gasteiger partial charge < -0.3 is 10.6 Å². The molecule has 0 saturated carbocycles.